The standard InChI is InChI=1S/C26H22Cl4N2O4S/c1-12(2)14-4-6-15(7-5-14)31-24(33)13(3)37-17-10-8-16(9-11-17)32-25(34)18-19(26(35)36)21(28)23(30)22(29)20(18)27/h4-13H,1-3H3,(H,31,33)(H,32,34)(H,35,36). The SMILES string of the molecule is CC(Sc1ccc(NC(=O)c2c(Cl)c(Cl)c(Cl)c(Cl)c2C(=O)O)cc1)C(=O)Nc1ccc(C(C)C)cc1. The largest absolute Gasteiger partial charge is 0.478 e. The highest BCUT2D eigenvalue weighted by Crippen LogP contribution is 2.42. The first kappa shape index (κ1) is 29.1. The first-order chi connectivity index (χ1) is 17.4. The summed E-state index contributed by atoms with van der Waals surface area (Å²) in [4.78, 5) is 38.0. The second-order valence-corrected chi connectivity index (χ2v) is 11.2. The van der Waals surface area contributed by atoms with Gasteiger partial charge in [-0.3, -0.25) is 9.59 Å². The lowest BCUT2D eigenvalue weighted by atomic mass is 10.0. The van der Waals surface area contributed by atoms with Gasteiger partial charge in [-0.05, 0) is 54.8 Å². The Kier molecular flexibility index (Phi) is 9.78. The Labute approximate surface area is 238 Å². The van der Waals surface area contributed by atoms with Crippen LogP contribution in [0.5, 0.6) is 0 Å². The van der Waals surface area contributed by atoms with Crippen molar-refractivity contribution < 1.29 is 19.5 Å². The predicted octanol–water partition coefficient (Wildman–Crippen LogP) is 8.49. The molecule has 0 saturated carbocycles. The maximum absolute atomic E-state index is 12.9. The quantitative estimate of drug-likeness (QED) is 0.137. The Morgan fingerprint density at radius 2 is 1.22 bits per heavy atom. The molecule has 0 heterocycles. The molecule has 37 heavy (non-hydrogen) atoms. The van der Waals surface area contributed by atoms with Gasteiger partial charge < -0.3 is 15.7 Å². The normalized spacial score (nSPS) is 11.8. The first-order valence-electron chi connectivity index (χ1n) is 11.0. The van der Waals surface area contributed by atoms with Gasteiger partial charge in [0.2, 0.25) is 5.91 Å². The zero-order valence-corrected chi connectivity index (χ0v) is 23.7. The van der Waals surface area contributed by atoms with E-state index in [2.05, 4.69) is 24.5 Å². The van der Waals surface area contributed by atoms with Gasteiger partial charge in [0.25, 0.3) is 5.91 Å². The van der Waals surface area contributed by atoms with Crippen LogP contribution in [0, 0.1) is 0 Å². The van der Waals surface area contributed by atoms with Gasteiger partial charge in [-0.15, -0.1) is 11.8 Å². The van der Waals surface area contributed by atoms with Crippen LogP contribution < -0.4 is 10.6 Å². The fraction of sp³-hybridized carbons (Fsp3) is 0.192. The summed E-state index contributed by atoms with van der Waals surface area (Å²) in [6.07, 6.45) is 0. The summed E-state index contributed by atoms with van der Waals surface area (Å²) in [5.41, 5.74) is 1.33. The van der Waals surface area contributed by atoms with E-state index in [0.29, 0.717) is 11.6 Å². The number of amides is 2. The molecule has 11 heteroatoms. The molecule has 0 aromatic heterocycles. The molecular weight excluding hydrogens is 578 g/mol. The summed E-state index contributed by atoms with van der Waals surface area (Å²) in [5, 5.41) is 13.4. The van der Waals surface area contributed by atoms with Crippen molar-refractivity contribution in [1.82, 2.24) is 0 Å². The van der Waals surface area contributed by atoms with Gasteiger partial charge in [0.05, 0.1) is 36.5 Å². The number of anilines is 2. The number of carbonyl (C=O) groups excluding carboxylic acids is 2. The molecule has 0 spiro atoms. The fourth-order valence-corrected chi connectivity index (χ4v) is 5.20. The van der Waals surface area contributed by atoms with Crippen molar-refractivity contribution in [2.24, 2.45) is 0 Å². The molecule has 0 aliphatic carbocycles. The Balaban J connectivity index is 1.68. The smallest absolute Gasteiger partial charge is 0.338 e. The zero-order valence-electron chi connectivity index (χ0n) is 19.9. The lowest BCUT2D eigenvalue weighted by molar-refractivity contribution is -0.115. The molecule has 1 unspecified atom stereocenters. The molecule has 0 bridgehead atoms. The van der Waals surface area contributed by atoms with Crippen molar-refractivity contribution in [2.45, 2.75) is 36.8 Å². The number of nitrogens with one attached hydrogen (secondary N) is 2. The first-order valence-corrected chi connectivity index (χ1v) is 13.4. The molecule has 0 aliphatic heterocycles. The third-order valence-corrected chi connectivity index (χ3v) is 8.26. The van der Waals surface area contributed by atoms with E-state index in [1.54, 1.807) is 31.2 Å². The summed E-state index contributed by atoms with van der Waals surface area (Å²) in [5.74, 6) is -2.04. The van der Waals surface area contributed by atoms with Crippen molar-refractivity contribution in [3.8, 4) is 0 Å². The molecule has 194 valence electrons. The van der Waals surface area contributed by atoms with Crippen LogP contribution in [0.4, 0.5) is 11.4 Å². The number of carbonyl (C=O) groups is 3. The van der Waals surface area contributed by atoms with Crippen molar-refractivity contribution in [2.75, 3.05) is 10.6 Å². The van der Waals surface area contributed by atoms with Crippen LogP contribution in [0.3, 0.4) is 0 Å². The van der Waals surface area contributed by atoms with Gasteiger partial charge in [0, 0.05) is 16.3 Å². The summed E-state index contributed by atoms with van der Waals surface area (Å²) in [7, 11) is 0. The molecule has 3 aromatic carbocycles. The Morgan fingerprint density at radius 1 is 0.730 bits per heavy atom. The predicted molar refractivity (Wildman–Crippen MR) is 152 cm³/mol. The maximum Gasteiger partial charge on any atom is 0.338 e. The highest BCUT2D eigenvalue weighted by atomic mass is 35.5. The van der Waals surface area contributed by atoms with E-state index in [9.17, 15) is 19.5 Å². The number of rotatable bonds is 8. The summed E-state index contributed by atoms with van der Waals surface area (Å²) < 4.78 is 0. The van der Waals surface area contributed by atoms with Crippen LogP contribution in [0.1, 0.15) is 53.0 Å². The van der Waals surface area contributed by atoms with Gasteiger partial charge in [-0.1, -0.05) is 72.4 Å². The number of halogens is 4. The van der Waals surface area contributed by atoms with Crippen LogP contribution in [0.2, 0.25) is 20.1 Å². The van der Waals surface area contributed by atoms with Crippen LogP contribution in [0.15, 0.2) is 53.4 Å². The number of benzene rings is 3. The molecular formula is C26H22Cl4N2O4S. The number of carboxylic acid groups (broad SMARTS) is 1. The van der Waals surface area contributed by atoms with E-state index in [4.69, 9.17) is 46.4 Å². The molecule has 0 fully saturated rings. The lowest BCUT2D eigenvalue weighted by Crippen LogP contribution is -2.22. The van der Waals surface area contributed by atoms with Gasteiger partial charge in [-0.2, -0.15) is 0 Å². The highest BCUT2D eigenvalue weighted by Gasteiger charge is 2.29. The van der Waals surface area contributed by atoms with E-state index in [0.717, 1.165) is 10.6 Å². The second kappa shape index (κ2) is 12.4. The number of hydrogen-bond donors (Lipinski definition) is 3. The Morgan fingerprint density at radius 3 is 1.73 bits per heavy atom. The number of carboxylic acids is 1. The lowest BCUT2D eigenvalue weighted by Gasteiger charge is -2.15. The van der Waals surface area contributed by atoms with Crippen molar-refractivity contribution in [3.05, 3.63) is 85.3 Å². The molecule has 1 atom stereocenters. The molecule has 3 aromatic rings. The monoisotopic (exact) mass is 598 g/mol. The second-order valence-electron chi connectivity index (χ2n) is 8.32. The number of aromatic carboxylic acids is 1. The van der Waals surface area contributed by atoms with Gasteiger partial charge in [0.1, 0.15) is 0 Å². The summed E-state index contributed by atoms with van der Waals surface area (Å²) in [6.45, 7) is 6.00. The molecule has 3 rings (SSSR count). The van der Waals surface area contributed by atoms with Crippen molar-refractivity contribution >= 4 is 87.3 Å². The molecule has 0 radical (unpaired) electrons. The minimum absolute atomic E-state index is 0.146. The minimum atomic E-state index is -1.48. The summed E-state index contributed by atoms with van der Waals surface area (Å²) >= 11 is 25.4. The van der Waals surface area contributed by atoms with E-state index in [1.165, 1.54) is 17.3 Å². The van der Waals surface area contributed by atoms with Crippen LogP contribution in [-0.4, -0.2) is 28.1 Å². The van der Waals surface area contributed by atoms with E-state index < -0.39 is 23.0 Å². The highest BCUT2D eigenvalue weighted by molar-refractivity contribution is 8.00. The van der Waals surface area contributed by atoms with Crippen LogP contribution >= 0.6 is 58.2 Å². The average molecular weight is 600 g/mol. The topological polar surface area (TPSA) is 95.5 Å². The van der Waals surface area contributed by atoms with E-state index in [-0.39, 0.29) is 31.2 Å². The van der Waals surface area contributed by atoms with Gasteiger partial charge >= 0.3 is 5.97 Å². The molecule has 2 amide bonds. The molecule has 3 N–H and O–H groups in total. The van der Waals surface area contributed by atoms with Gasteiger partial charge in [0.15, 0.2) is 0 Å². The average Bonchev–Trinajstić information content (AvgIpc) is 2.85. The Bertz CT molecular complexity index is 1350. The third-order valence-electron chi connectivity index (χ3n) is 5.35. The minimum Gasteiger partial charge on any atom is -0.478 e. The van der Waals surface area contributed by atoms with Gasteiger partial charge in [-0.25, -0.2) is 4.79 Å². The van der Waals surface area contributed by atoms with Crippen LogP contribution in [0.25, 0.3) is 0 Å². The van der Waals surface area contributed by atoms with Crippen LogP contribution in [-0.2, 0) is 4.79 Å². The maximum atomic E-state index is 12.9. The van der Waals surface area contributed by atoms with Crippen molar-refractivity contribution in [1.29, 1.82) is 0 Å². The fourth-order valence-electron chi connectivity index (χ4n) is 3.31. The van der Waals surface area contributed by atoms with Crippen molar-refractivity contribution in [3.63, 3.8) is 0 Å². The number of thioether (sulfide) groups is 1. The molecule has 6 nitrogen and oxygen atoms in total. The third kappa shape index (κ3) is 6.92. The number of hydrogen-bond acceptors (Lipinski definition) is 4. The van der Waals surface area contributed by atoms with E-state index in [1.807, 2.05) is 24.3 Å². The molecule has 0 aliphatic rings. The zero-order chi connectivity index (χ0) is 27.4. The molecule has 0 saturated heterocycles. The Hall–Kier alpha value is -2.42. The summed E-state index contributed by atoms with van der Waals surface area (Å²) in [6, 6.07) is 14.4. The van der Waals surface area contributed by atoms with E-state index >= 15 is 0 Å².